The quantitative estimate of drug-likeness (QED) is 0.615. The van der Waals surface area contributed by atoms with E-state index in [0.29, 0.717) is 5.56 Å². The van der Waals surface area contributed by atoms with Crippen molar-refractivity contribution in [2.45, 2.75) is 0 Å². The highest BCUT2D eigenvalue weighted by Crippen LogP contribution is 2.36. The fourth-order valence-corrected chi connectivity index (χ4v) is 3.73. The van der Waals surface area contributed by atoms with E-state index in [1.807, 2.05) is 24.3 Å². The lowest BCUT2D eigenvalue weighted by atomic mass is 10.1. The maximum absolute atomic E-state index is 8.73. The lowest BCUT2D eigenvalue weighted by molar-refractivity contribution is 1.49. The largest absolute Gasteiger partial charge is 0.192 e. The van der Waals surface area contributed by atoms with E-state index in [4.69, 9.17) is 5.26 Å². The van der Waals surface area contributed by atoms with Gasteiger partial charge in [-0.1, -0.05) is 12.1 Å². The van der Waals surface area contributed by atoms with Crippen LogP contribution in [0.4, 0.5) is 0 Å². The van der Waals surface area contributed by atoms with Crippen LogP contribution in [0.3, 0.4) is 0 Å². The fourth-order valence-electron chi connectivity index (χ4n) is 1.62. The molecule has 3 rings (SSSR count). The van der Waals surface area contributed by atoms with Crippen LogP contribution in [-0.2, 0) is 0 Å². The summed E-state index contributed by atoms with van der Waals surface area (Å²) >= 11 is 3.57. The van der Waals surface area contributed by atoms with Crippen molar-refractivity contribution in [1.29, 1.82) is 5.26 Å². The molecule has 2 heterocycles. The molecule has 0 amide bonds. The monoisotopic (exact) mass is 241 g/mol. The Morgan fingerprint density at radius 2 is 1.81 bits per heavy atom. The Morgan fingerprint density at radius 1 is 1.00 bits per heavy atom. The lowest BCUT2D eigenvalue weighted by Crippen LogP contribution is -1.74. The van der Waals surface area contributed by atoms with E-state index in [1.165, 1.54) is 19.8 Å². The van der Waals surface area contributed by atoms with Crippen molar-refractivity contribution in [1.82, 2.24) is 0 Å². The van der Waals surface area contributed by atoms with Crippen molar-refractivity contribution in [3.63, 3.8) is 0 Å². The number of nitrogens with zero attached hydrogens (tertiary/aromatic N) is 1. The van der Waals surface area contributed by atoms with Crippen LogP contribution in [0.15, 0.2) is 41.8 Å². The second kappa shape index (κ2) is 3.75. The summed E-state index contributed by atoms with van der Waals surface area (Å²) in [7, 11) is 0. The summed E-state index contributed by atoms with van der Waals surface area (Å²) in [5.74, 6) is 0. The molecular formula is C13H7NS2. The van der Waals surface area contributed by atoms with Crippen molar-refractivity contribution < 1.29 is 0 Å². The normalized spacial score (nSPS) is 10.4. The minimum absolute atomic E-state index is 0.710. The minimum Gasteiger partial charge on any atom is -0.192 e. The van der Waals surface area contributed by atoms with Crippen LogP contribution < -0.4 is 0 Å². The molecule has 0 saturated carbocycles. The molecule has 3 heteroatoms. The highest BCUT2D eigenvalue weighted by atomic mass is 32.1. The number of hydrogen-bond donors (Lipinski definition) is 0. The van der Waals surface area contributed by atoms with E-state index in [0.717, 1.165) is 0 Å². The fraction of sp³-hybridized carbons (Fsp3) is 0. The zero-order chi connectivity index (χ0) is 11.0. The Balaban J connectivity index is 2.09. The number of thiophene rings is 2. The van der Waals surface area contributed by atoms with E-state index in [2.05, 4.69) is 23.6 Å². The van der Waals surface area contributed by atoms with E-state index < -0.39 is 0 Å². The summed E-state index contributed by atoms with van der Waals surface area (Å²) in [4.78, 5) is 1.27. The van der Waals surface area contributed by atoms with Crippen molar-refractivity contribution in [3.8, 4) is 16.5 Å². The lowest BCUT2D eigenvalue weighted by Gasteiger charge is -1.95. The van der Waals surface area contributed by atoms with Gasteiger partial charge in [-0.15, -0.1) is 22.7 Å². The number of nitriles is 1. The van der Waals surface area contributed by atoms with E-state index in [-0.39, 0.29) is 0 Å². The molecule has 0 aliphatic carbocycles. The van der Waals surface area contributed by atoms with E-state index in [1.54, 1.807) is 22.7 Å². The average molecular weight is 241 g/mol. The molecule has 0 spiro atoms. The van der Waals surface area contributed by atoms with Crippen LogP contribution in [0.5, 0.6) is 0 Å². The second-order valence-corrected chi connectivity index (χ2v) is 5.48. The molecule has 76 valence electrons. The van der Waals surface area contributed by atoms with Gasteiger partial charge in [-0.2, -0.15) is 5.26 Å². The molecule has 0 fully saturated rings. The molecule has 2 aromatic heterocycles. The first-order valence-electron chi connectivity index (χ1n) is 4.84. The summed E-state index contributed by atoms with van der Waals surface area (Å²) in [6, 6.07) is 14.2. The van der Waals surface area contributed by atoms with Crippen molar-refractivity contribution in [2.24, 2.45) is 0 Å². The summed E-state index contributed by atoms with van der Waals surface area (Å²) in [5, 5.41) is 10.8. The molecule has 0 radical (unpaired) electrons. The van der Waals surface area contributed by atoms with Crippen molar-refractivity contribution in [3.05, 3.63) is 47.3 Å². The van der Waals surface area contributed by atoms with Gasteiger partial charge in [0, 0.05) is 14.3 Å². The third-order valence-corrected chi connectivity index (χ3v) is 4.58. The molecule has 1 nitrogen and oxygen atoms in total. The molecule has 0 bridgehead atoms. The molecule has 0 unspecified atom stereocenters. The van der Waals surface area contributed by atoms with E-state index >= 15 is 0 Å². The molecule has 0 aliphatic heterocycles. The summed E-state index contributed by atoms with van der Waals surface area (Å²) in [6.45, 7) is 0. The van der Waals surface area contributed by atoms with Crippen LogP contribution in [0, 0.1) is 11.3 Å². The Hall–Kier alpha value is -1.63. The smallest absolute Gasteiger partial charge is 0.0991 e. The maximum atomic E-state index is 8.73. The molecular weight excluding hydrogens is 234 g/mol. The van der Waals surface area contributed by atoms with E-state index in [9.17, 15) is 0 Å². The van der Waals surface area contributed by atoms with Crippen molar-refractivity contribution >= 4 is 32.1 Å². The molecule has 3 aromatic rings. The van der Waals surface area contributed by atoms with Crippen LogP contribution in [-0.4, -0.2) is 0 Å². The summed E-state index contributed by atoms with van der Waals surface area (Å²) in [6.07, 6.45) is 0. The highest BCUT2D eigenvalue weighted by molar-refractivity contribution is 7.28. The van der Waals surface area contributed by atoms with Gasteiger partial charge in [-0.3, -0.25) is 0 Å². The SMILES string of the molecule is N#Cc1ccc(-c2cc3sccc3s2)cc1. The van der Waals surface area contributed by atoms with Gasteiger partial charge in [0.25, 0.3) is 0 Å². The van der Waals surface area contributed by atoms with Crippen LogP contribution >= 0.6 is 22.7 Å². The maximum Gasteiger partial charge on any atom is 0.0991 e. The van der Waals surface area contributed by atoms with Gasteiger partial charge >= 0.3 is 0 Å². The number of benzene rings is 1. The molecule has 16 heavy (non-hydrogen) atoms. The Morgan fingerprint density at radius 3 is 2.50 bits per heavy atom. The topological polar surface area (TPSA) is 23.8 Å². The van der Waals surface area contributed by atoms with Gasteiger partial charge in [0.15, 0.2) is 0 Å². The second-order valence-electron chi connectivity index (χ2n) is 3.45. The van der Waals surface area contributed by atoms with Gasteiger partial charge in [-0.25, -0.2) is 0 Å². The van der Waals surface area contributed by atoms with Gasteiger partial charge < -0.3 is 0 Å². The molecule has 1 aromatic carbocycles. The first kappa shape index (κ1) is 9.59. The molecule has 0 atom stereocenters. The van der Waals surface area contributed by atoms with Crippen LogP contribution in [0.25, 0.3) is 19.8 Å². The third-order valence-electron chi connectivity index (χ3n) is 2.44. The molecule has 0 aliphatic rings. The first-order valence-corrected chi connectivity index (χ1v) is 6.54. The van der Waals surface area contributed by atoms with Crippen LogP contribution in [0.1, 0.15) is 5.56 Å². The van der Waals surface area contributed by atoms with Gasteiger partial charge in [0.2, 0.25) is 0 Å². The number of rotatable bonds is 1. The number of hydrogen-bond acceptors (Lipinski definition) is 3. The summed E-state index contributed by atoms with van der Waals surface area (Å²) in [5.41, 5.74) is 1.90. The Kier molecular flexibility index (Phi) is 2.24. The standard InChI is InChI=1S/C13H7NS2/c14-8-9-1-3-10(4-2-9)12-7-13-11(16-12)5-6-15-13/h1-7H. The predicted molar refractivity (Wildman–Crippen MR) is 69.9 cm³/mol. The summed E-state index contributed by atoms with van der Waals surface area (Å²) < 4.78 is 2.67. The number of fused-ring (bicyclic) bond motifs is 1. The van der Waals surface area contributed by atoms with Gasteiger partial charge in [-0.05, 0) is 35.2 Å². The highest BCUT2D eigenvalue weighted by Gasteiger charge is 2.04. The Bertz CT molecular complexity index is 639. The first-order chi connectivity index (χ1) is 7.86. The Labute approximate surface area is 101 Å². The van der Waals surface area contributed by atoms with Gasteiger partial charge in [0.05, 0.1) is 11.6 Å². The average Bonchev–Trinajstić information content (AvgIpc) is 2.89. The van der Waals surface area contributed by atoms with Crippen molar-refractivity contribution in [2.75, 3.05) is 0 Å². The predicted octanol–water partition coefficient (Wildman–Crippen LogP) is 4.50. The molecule has 0 saturated heterocycles. The third kappa shape index (κ3) is 1.53. The zero-order valence-electron chi connectivity index (χ0n) is 8.31. The molecule has 0 N–H and O–H groups in total. The minimum atomic E-state index is 0.710. The zero-order valence-corrected chi connectivity index (χ0v) is 9.94. The van der Waals surface area contributed by atoms with Crippen LogP contribution in [0.2, 0.25) is 0 Å². The van der Waals surface area contributed by atoms with Gasteiger partial charge in [0.1, 0.15) is 0 Å².